The van der Waals surface area contributed by atoms with Gasteiger partial charge in [-0.25, -0.2) is 0 Å². The molecule has 2 aliphatic rings. The van der Waals surface area contributed by atoms with Gasteiger partial charge in [-0.1, -0.05) is 24.3 Å². The van der Waals surface area contributed by atoms with Gasteiger partial charge in [-0.05, 0) is 48.6 Å². The van der Waals surface area contributed by atoms with Crippen LogP contribution >= 0.6 is 0 Å². The minimum atomic E-state index is 0.664. The van der Waals surface area contributed by atoms with E-state index in [0.717, 1.165) is 18.4 Å². The molecule has 0 aliphatic heterocycles. The van der Waals surface area contributed by atoms with Gasteiger partial charge in [-0.15, -0.1) is 0 Å². The Morgan fingerprint density at radius 3 is 2.40 bits per heavy atom. The average molecular weight is 267 g/mol. The number of benzene rings is 1. The van der Waals surface area contributed by atoms with Gasteiger partial charge in [0.1, 0.15) is 0 Å². The molecule has 20 heavy (non-hydrogen) atoms. The lowest BCUT2D eigenvalue weighted by molar-refractivity contribution is 0.340. The maximum Gasteiger partial charge on any atom is 0.0532 e. The SMILES string of the molecule is c1ccc2c(c1)CC1CCC(C2)C1NCc1cn[nH]c1. The molecule has 2 bridgehead atoms. The van der Waals surface area contributed by atoms with E-state index in [4.69, 9.17) is 0 Å². The highest BCUT2D eigenvalue weighted by Gasteiger charge is 2.38. The zero-order valence-corrected chi connectivity index (χ0v) is 11.7. The second kappa shape index (κ2) is 5.06. The number of nitrogens with zero attached hydrogens (tertiary/aromatic N) is 1. The standard InChI is InChI=1S/C17H21N3/c1-2-4-14-8-16-6-5-15(7-13(14)3-1)17(16)18-9-12-10-19-20-11-12/h1-4,10-11,15-18H,5-9H2,(H,19,20). The fraction of sp³-hybridized carbons (Fsp3) is 0.471. The highest BCUT2D eigenvalue weighted by atomic mass is 15.1. The van der Waals surface area contributed by atoms with E-state index < -0.39 is 0 Å². The van der Waals surface area contributed by atoms with Crippen LogP contribution < -0.4 is 5.32 Å². The third-order valence-corrected chi connectivity index (χ3v) is 5.10. The van der Waals surface area contributed by atoms with Crippen molar-refractivity contribution in [1.29, 1.82) is 0 Å². The second-order valence-corrected chi connectivity index (χ2v) is 6.29. The normalized spacial score (nSPS) is 28.1. The minimum Gasteiger partial charge on any atom is -0.309 e. The van der Waals surface area contributed by atoms with Gasteiger partial charge in [0.05, 0.1) is 6.20 Å². The molecule has 1 saturated carbocycles. The van der Waals surface area contributed by atoms with Crippen molar-refractivity contribution in [3.05, 3.63) is 53.3 Å². The molecule has 2 aromatic rings. The molecule has 3 nitrogen and oxygen atoms in total. The van der Waals surface area contributed by atoms with Gasteiger partial charge in [-0.2, -0.15) is 5.10 Å². The largest absolute Gasteiger partial charge is 0.309 e. The number of H-pyrrole nitrogens is 1. The van der Waals surface area contributed by atoms with Crippen LogP contribution in [0.1, 0.15) is 29.5 Å². The third kappa shape index (κ3) is 2.16. The van der Waals surface area contributed by atoms with Gasteiger partial charge in [0.25, 0.3) is 0 Å². The molecule has 1 fully saturated rings. The van der Waals surface area contributed by atoms with Crippen molar-refractivity contribution in [3.63, 3.8) is 0 Å². The summed E-state index contributed by atoms with van der Waals surface area (Å²) in [5, 5.41) is 10.7. The van der Waals surface area contributed by atoms with Crippen LogP contribution in [0.15, 0.2) is 36.7 Å². The van der Waals surface area contributed by atoms with Crippen molar-refractivity contribution in [2.24, 2.45) is 11.8 Å². The van der Waals surface area contributed by atoms with E-state index in [-0.39, 0.29) is 0 Å². The van der Waals surface area contributed by atoms with Gasteiger partial charge in [0.15, 0.2) is 0 Å². The van der Waals surface area contributed by atoms with Crippen molar-refractivity contribution in [2.45, 2.75) is 38.3 Å². The Hall–Kier alpha value is -1.61. The summed E-state index contributed by atoms with van der Waals surface area (Å²) in [6, 6.07) is 9.68. The van der Waals surface area contributed by atoms with E-state index >= 15 is 0 Å². The predicted molar refractivity (Wildman–Crippen MR) is 79.3 cm³/mol. The highest BCUT2D eigenvalue weighted by molar-refractivity contribution is 5.30. The predicted octanol–water partition coefficient (Wildman–Crippen LogP) is 2.69. The molecule has 1 heterocycles. The molecular weight excluding hydrogens is 246 g/mol. The number of fused-ring (bicyclic) bond motifs is 3. The molecule has 2 aliphatic carbocycles. The van der Waals surface area contributed by atoms with Crippen LogP contribution in [0, 0.1) is 11.8 Å². The molecule has 0 spiro atoms. The number of hydrogen-bond acceptors (Lipinski definition) is 2. The summed E-state index contributed by atoms with van der Waals surface area (Å²) in [5.41, 5.74) is 4.41. The summed E-state index contributed by atoms with van der Waals surface area (Å²) >= 11 is 0. The Balaban J connectivity index is 1.52. The summed E-state index contributed by atoms with van der Waals surface area (Å²) in [5.74, 6) is 1.60. The van der Waals surface area contributed by atoms with Gasteiger partial charge in [0.2, 0.25) is 0 Å². The van der Waals surface area contributed by atoms with Gasteiger partial charge < -0.3 is 5.32 Å². The van der Waals surface area contributed by atoms with E-state index in [0.29, 0.717) is 6.04 Å². The minimum absolute atomic E-state index is 0.664. The zero-order valence-electron chi connectivity index (χ0n) is 11.7. The van der Waals surface area contributed by atoms with Crippen molar-refractivity contribution < 1.29 is 0 Å². The quantitative estimate of drug-likeness (QED) is 0.897. The first-order chi connectivity index (χ1) is 9.90. The summed E-state index contributed by atoms with van der Waals surface area (Å²) < 4.78 is 0. The summed E-state index contributed by atoms with van der Waals surface area (Å²) in [7, 11) is 0. The smallest absolute Gasteiger partial charge is 0.0532 e. The molecule has 0 amide bonds. The Kier molecular flexibility index (Phi) is 3.07. The number of aromatic nitrogens is 2. The first-order valence-electron chi connectivity index (χ1n) is 7.68. The Bertz CT molecular complexity index is 543. The second-order valence-electron chi connectivity index (χ2n) is 6.29. The van der Waals surface area contributed by atoms with E-state index in [9.17, 15) is 0 Å². The molecule has 2 atom stereocenters. The molecule has 1 aromatic heterocycles. The van der Waals surface area contributed by atoms with Crippen LogP contribution in [0.5, 0.6) is 0 Å². The zero-order chi connectivity index (χ0) is 13.4. The molecule has 1 aromatic carbocycles. The van der Waals surface area contributed by atoms with Gasteiger partial charge >= 0.3 is 0 Å². The lowest BCUT2D eigenvalue weighted by Gasteiger charge is -2.23. The molecule has 0 radical (unpaired) electrons. The number of aromatic amines is 1. The molecule has 2 unspecified atom stereocenters. The lowest BCUT2D eigenvalue weighted by atomic mass is 9.94. The number of rotatable bonds is 3. The van der Waals surface area contributed by atoms with Crippen molar-refractivity contribution in [1.82, 2.24) is 15.5 Å². The average Bonchev–Trinajstić information content (AvgIpc) is 3.04. The van der Waals surface area contributed by atoms with Crippen LogP contribution in [0.4, 0.5) is 0 Å². The maximum absolute atomic E-state index is 4.03. The van der Waals surface area contributed by atoms with Crippen LogP contribution in [0.3, 0.4) is 0 Å². The lowest BCUT2D eigenvalue weighted by Crippen LogP contribution is -2.37. The van der Waals surface area contributed by atoms with Crippen LogP contribution in [-0.2, 0) is 19.4 Å². The van der Waals surface area contributed by atoms with E-state index in [2.05, 4.69) is 39.8 Å². The first kappa shape index (κ1) is 12.2. The first-order valence-corrected chi connectivity index (χ1v) is 7.68. The molecule has 4 rings (SSSR count). The monoisotopic (exact) mass is 267 g/mol. The van der Waals surface area contributed by atoms with Crippen LogP contribution in [-0.4, -0.2) is 16.2 Å². The van der Waals surface area contributed by atoms with E-state index in [1.807, 2.05) is 12.4 Å². The highest BCUT2D eigenvalue weighted by Crippen LogP contribution is 2.40. The van der Waals surface area contributed by atoms with Crippen molar-refractivity contribution in [2.75, 3.05) is 0 Å². The molecule has 2 N–H and O–H groups in total. The third-order valence-electron chi connectivity index (χ3n) is 5.10. The Morgan fingerprint density at radius 2 is 1.80 bits per heavy atom. The van der Waals surface area contributed by atoms with Gasteiger partial charge in [-0.3, -0.25) is 5.10 Å². The van der Waals surface area contributed by atoms with Crippen molar-refractivity contribution >= 4 is 0 Å². The number of hydrogen-bond donors (Lipinski definition) is 2. The van der Waals surface area contributed by atoms with Crippen LogP contribution in [0.25, 0.3) is 0 Å². The van der Waals surface area contributed by atoms with Gasteiger partial charge in [0, 0.05) is 24.3 Å². The maximum atomic E-state index is 4.03. The van der Waals surface area contributed by atoms with E-state index in [1.54, 1.807) is 11.1 Å². The molecule has 3 heteroatoms. The van der Waals surface area contributed by atoms with Crippen molar-refractivity contribution in [3.8, 4) is 0 Å². The Labute approximate surface area is 119 Å². The van der Waals surface area contributed by atoms with E-state index in [1.165, 1.54) is 31.2 Å². The Morgan fingerprint density at radius 1 is 1.10 bits per heavy atom. The summed E-state index contributed by atoms with van der Waals surface area (Å²) in [6.45, 7) is 0.935. The fourth-order valence-electron chi connectivity index (χ4n) is 4.09. The molecular formula is C17H21N3. The molecule has 104 valence electrons. The fourth-order valence-corrected chi connectivity index (χ4v) is 4.09. The van der Waals surface area contributed by atoms with Crippen LogP contribution in [0.2, 0.25) is 0 Å². The summed E-state index contributed by atoms with van der Waals surface area (Å²) in [4.78, 5) is 0. The topological polar surface area (TPSA) is 40.7 Å². The number of nitrogens with one attached hydrogen (secondary N) is 2. The summed E-state index contributed by atoms with van der Waals surface area (Å²) in [6.07, 6.45) is 9.15. The molecule has 0 saturated heterocycles.